The minimum absolute atomic E-state index is 0.0160. The lowest BCUT2D eigenvalue weighted by molar-refractivity contribution is 0.0297. The number of alkyl halides is 5. The lowest BCUT2D eigenvalue weighted by Gasteiger charge is -2.36. The fourth-order valence-electron chi connectivity index (χ4n) is 8.28. The molecular weight excluding hydrogens is 757 g/mol. The van der Waals surface area contributed by atoms with Gasteiger partial charge in [-0.1, -0.05) is 17.7 Å². The van der Waals surface area contributed by atoms with Crippen molar-refractivity contribution >= 4 is 60.8 Å². The first kappa shape index (κ1) is 35.7. The lowest BCUT2D eigenvalue weighted by Crippen LogP contribution is -2.50. The number of halogens is 8. The number of carboxylic acid groups (broad SMARTS) is 1. The van der Waals surface area contributed by atoms with E-state index in [1.807, 2.05) is 16.3 Å². The minimum atomic E-state index is -3.06. The zero-order valence-corrected chi connectivity index (χ0v) is 28.9. The second-order valence-electron chi connectivity index (χ2n) is 13.8. The highest BCUT2D eigenvalue weighted by atomic mass is 35.5. The van der Waals surface area contributed by atoms with E-state index in [1.54, 1.807) is 0 Å². The van der Waals surface area contributed by atoms with Crippen LogP contribution in [-0.2, 0) is 0 Å². The number of benzene rings is 2. The molecule has 4 aliphatic rings. The molecule has 3 aliphatic heterocycles. The Morgan fingerprint density at radius 1 is 1.21 bits per heavy atom. The van der Waals surface area contributed by atoms with Gasteiger partial charge in [0, 0.05) is 23.9 Å². The number of rotatable bonds is 9. The molecule has 0 spiro atoms. The lowest BCUT2D eigenvalue weighted by atomic mass is 9.95. The Labute approximate surface area is 305 Å². The molecule has 3 fully saturated rings. The van der Waals surface area contributed by atoms with Crippen LogP contribution in [-0.4, -0.2) is 89.5 Å². The number of amides is 1. The van der Waals surface area contributed by atoms with E-state index in [-0.39, 0.29) is 75.6 Å². The third-order valence-corrected chi connectivity index (χ3v) is 12.3. The summed E-state index contributed by atoms with van der Waals surface area (Å²) in [6.07, 6.45) is -7.21. The van der Waals surface area contributed by atoms with Gasteiger partial charge < -0.3 is 19.5 Å². The van der Waals surface area contributed by atoms with Gasteiger partial charge >= 0.3 is 12.1 Å². The largest absolute Gasteiger partial charge is 0.489 e. The van der Waals surface area contributed by atoms with Crippen LogP contribution in [0.4, 0.5) is 46.3 Å². The van der Waals surface area contributed by atoms with Crippen molar-refractivity contribution in [2.24, 2.45) is 5.41 Å². The first-order valence-corrected chi connectivity index (χ1v) is 17.8. The molecular formula is C34H28ClF7N6O4S. The molecule has 4 aromatic rings. The molecule has 8 rings (SSSR count). The van der Waals surface area contributed by atoms with Gasteiger partial charge in [0.25, 0.3) is 6.43 Å². The molecule has 1 amide bonds. The highest BCUT2D eigenvalue weighted by molar-refractivity contribution is 7.23. The van der Waals surface area contributed by atoms with Crippen molar-refractivity contribution in [3.05, 3.63) is 34.4 Å². The topological polar surface area (TPSA) is 124 Å². The average Bonchev–Trinajstić information content (AvgIpc) is 3.62. The second-order valence-corrected chi connectivity index (χ2v) is 15.2. The average molecular weight is 785 g/mol. The number of thiophene rings is 1. The fourth-order valence-corrected chi connectivity index (χ4v) is 9.68. The van der Waals surface area contributed by atoms with Gasteiger partial charge in [-0.3, -0.25) is 10.2 Å². The molecule has 3 atom stereocenters. The van der Waals surface area contributed by atoms with Gasteiger partial charge in [-0.25, -0.2) is 35.5 Å². The van der Waals surface area contributed by atoms with E-state index in [4.69, 9.17) is 21.1 Å². The first-order valence-electron chi connectivity index (χ1n) is 16.6. The number of nitrogens with one attached hydrogen (secondary N) is 1. The Bertz CT molecular complexity index is 2220. The number of hydrogen-bond donors (Lipinski definition) is 2. The number of aromatic nitrogens is 2. The summed E-state index contributed by atoms with van der Waals surface area (Å²) >= 11 is 7.49. The summed E-state index contributed by atoms with van der Waals surface area (Å²) in [6, 6.07) is 2.04. The van der Waals surface area contributed by atoms with Crippen LogP contribution in [0, 0.1) is 28.4 Å². The highest BCUT2D eigenvalue weighted by Gasteiger charge is 2.60. The molecule has 10 nitrogen and oxygen atoms in total. The minimum Gasteiger partial charge on any atom is -0.489 e. The van der Waals surface area contributed by atoms with Crippen LogP contribution in [0.1, 0.15) is 37.7 Å². The predicted octanol–water partition coefficient (Wildman–Crippen LogP) is 8.24. The molecule has 1 saturated carbocycles. The summed E-state index contributed by atoms with van der Waals surface area (Å²) < 4.78 is 117. The second kappa shape index (κ2) is 12.9. The number of carbonyl (C=O) groups is 1. The third kappa shape index (κ3) is 5.65. The molecule has 0 radical (unpaired) electrons. The van der Waals surface area contributed by atoms with Crippen molar-refractivity contribution in [1.82, 2.24) is 14.9 Å². The predicted molar refractivity (Wildman–Crippen MR) is 180 cm³/mol. The summed E-state index contributed by atoms with van der Waals surface area (Å²) in [5.74, 6) is -2.77. The van der Waals surface area contributed by atoms with Crippen molar-refractivity contribution < 1.29 is 50.1 Å². The number of fused-ring (bicyclic) bond motifs is 2. The van der Waals surface area contributed by atoms with Crippen LogP contribution in [0.25, 0.3) is 32.1 Å². The van der Waals surface area contributed by atoms with Gasteiger partial charge in [0.05, 0.1) is 44.2 Å². The van der Waals surface area contributed by atoms with E-state index >= 15 is 8.78 Å². The van der Waals surface area contributed by atoms with Gasteiger partial charge in [-0.2, -0.15) is 15.2 Å². The van der Waals surface area contributed by atoms with Crippen molar-refractivity contribution in [3.8, 4) is 29.0 Å². The van der Waals surface area contributed by atoms with Crippen molar-refractivity contribution in [1.29, 1.82) is 5.26 Å². The van der Waals surface area contributed by atoms with E-state index in [9.17, 15) is 37.1 Å². The maximum Gasteiger partial charge on any atom is 0.409 e. The Kier molecular flexibility index (Phi) is 8.69. The summed E-state index contributed by atoms with van der Waals surface area (Å²) in [5.41, 5.74) is -4.03. The summed E-state index contributed by atoms with van der Waals surface area (Å²) in [4.78, 5) is 23.1. The van der Waals surface area contributed by atoms with Gasteiger partial charge in [-0.05, 0) is 43.9 Å². The molecule has 1 unspecified atom stereocenters. The van der Waals surface area contributed by atoms with Crippen LogP contribution < -0.4 is 19.7 Å². The van der Waals surface area contributed by atoms with E-state index < -0.39 is 89.0 Å². The van der Waals surface area contributed by atoms with Crippen LogP contribution in [0.15, 0.2) is 12.1 Å². The molecule has 19 heteroatoms. The SMILES string of the molecule is N#Cc1c(NC(=O)O)sc2c(F)ccc(-c3c(Cl)c4c5c(nc(OC[C@@]67CCCN6C[C@H](F)C7)nc5c3F)N(CC(F)F)C(C3(C(F)F)CC3)CO4)c12. The van der Waals surface area contributed by atoms with Crippen LogP contribution >= 0.6 is 22.9 Å². The molecule has 2 aromatic carbocycles. The third-order valence-electron chi connectivity index (χ3n) is 10.9. The fraction of sp³-hybridized carbons (Fsp3) is 0.471. The van der Waals surface area contributed by atoms with E-state index in [1.165, 1.54) is 0 Å². The van der Waals surface area contributed by atoms with Gasteiger partial charge in [0.2, 0.25) is 6.43 Å². The zero-order chi connectivity index (χ0) is 37.6. The highest BCUT2D eigenvalue weighted by Crippen LogP contribution is 2.58. The smallest absolute Gasteiger partial charge is 0.409 e. The maximum atomic E-state index is 17.3. The number of nitriles is 1. The van der Waals surface area contributed by atoms with Crippen molar-refractivity contribution in [2.75, 3.05) is 43.1 Å². The Hall–Kier alpha value is -4.34. The van der Waals surface area contributed by atoms with Gasteiger partial charge in [0.1, 0.15) is 47.6 Å². The van der Waals surface area contributed by atoms with Gasteiger partial charge in [0.15, 0.2) is 11.6 Å². The monoisotopic (exact) mass is 784 g/mol. The van der Waals surface area contributed by atoms with Crippen LogP contribution in [0.5, 0.6) is 11.8 Å². The summed E-state index contributed by atoms with van der Waals surface area (Å²) in [7, 11) is 0. The van der Waals surface area contributed by atoms with Crippen LogP contribution in [0.2, 0.25) is 5.02 Å². The molecule has 5 heterocycles. The number of hydrogen-bond acceptors (Lipinski definition) is 9. The number of nitrogens with zero attached hydrogens (tertiary/aromatic N) is 5. The molecule has 2 saturated heterocycles. The van der Waals surface area contributed by atoms with Crippen LogP contribution in [0.3, 0.4) is 0 Å². The number of ether oxygens (including phenoxy) is 2. The standard InChI is InChI=1S/C34H28ClF7N6O4S/c35-23-21(15-2-3-17(37)27-20(15)16(9-43)29(53-27)46-32(49)50)24(40)25-22-26(23)51-12-18(34(5-6-34)30(41)42)48(11-19(38)39)28(22)45-31(44-25)52-13-33-4-1-7-47(33)10-14(36)8-33/h2-3,14,18-19,30,46H,1,4-8,10-13H2,(H,49,50)/t14-,18?,33+/m1/s1. The van der Waals surface area contributed by atoms with E-state index in [2.05, 4.69) is 9.97 Å². The Balaban J connectivity index is 1.37. The van der Waals surface area contributed by atoms with E-state index in [0.717, 1.165) is 23.5 Å². The van der Waals surface area contributed by atoms with Crippen molar-refractivity contribution in [2.45, 2.75) is 62.7 Å². The number of anilines is 2. The quantitative estimate of drug-likeness (QED) is 0.162. The molecule has 0 bridgehead atoms. The molecule has 53 heavy (non-hydrogen) atoms. The zero-order valence-electron chi connectivity index (χ0n) is 27.4. The maximum absolute atomic E-state index is 17.3. The first-order chi connectivity index (χ1) is 25.3. The Morgan fingerprint density at radius 2 is 1.98 bits per heavy atom. The summed E-state index contributed by atoms with van der Waals surface area (Å²) in [5, 5.41) is 20.2. The molecule has 1 aliphatic carbocycles. The van der Waals surface area contributed by atoms with Gasteiger partial charge in [-0.15, -0.1) is 11.3 Å². The Morgan fingerprint density at radius 3 is 2.66 bits per heavy atom. The summed E-state index contributed by atoms with van der Waals surface area (Å²) in [6.45, 7) is -1.01. The van der Waals surface area contributed by atoms with Crippen molar-refractivity contribution in [3.63, 3.8) is 0 Å². The normalized spacial score (nSPS) is 23.4. The molecule has 280 valence electrons. The molecule has 2 N–H and O–H groups in total. The molecule has 2 aromatic heterocycles. The van der Waals surface area contributed by atoms with E-state index in [0.29, 0.717) is 24.3 Å².